The summed E-state index contributed by atoms with van der Waals surface area (Å²) in [6.07, 6.45) is 0. The quantitative estimate of drug-likeness (QED) is 0.943. The van der Waals surface area contributed by atoms with Crippen LogP contribution in [0, 0.1) is 12.7 Å². The van der Waals surface area contributed by atoms with Crippen LogP contribution >= 0.6 is 11.3 Å². The third kappa shape index (κ3) is 2.87. The van der Waals surface area contributed by atoms with Crippen LogP contribution in [0.2, 0.25) is 0 Å². The lowest BCUT2D eigenvalue weighted by atomic mass is 10.3. The lowest BCUT2D eigenvalue weighted by molar-refractivity contribution is 0.493. The molecule has 0 bridgehead atoms. The number of halogens is 1. The fourth-order valence-corrected chi connectivity index (χ4v) is 3.39. The number of aryl methyl sites for hydroxylation is 1. The maximum Gasteiger partial charge on any atom is 0.239 e. The van der Waals surface area contributed by atoms with Gasteiger partial charge < -0.3 is 4.74 Å². The van der Waals surface area contributed by atoms with Crippen molar-refractivity contribution in [1.29, 1.82) is 0 Å². The Labute approximate surface area is 108 Å². The van der Waals surface area contributed by atoms with Crippen LogP contribution in [0.4, 0.5) is 4.39 Å². The first kappa shape index (κ1) is 13.0. The van der Waals surface area contributed by atoms with Crippen molar-refractivity contribution in [2.24, 2.45) is 5.14 Å². The SMILES string of the molecule is Cc1sc(Oc2ccc(F)cc2)cc1S(N)(=O)=O. The molecule has 0 spiro atoms. The molecular weight excluding hydrogens is 277 g/mol. The minimum atomic E-state index is -3.74. The third-order valence-electron chi connectivity index (χ3n) is 2.19. The molecule has 2 N–H and O–H groups in total. The minimum absolute atomic E-state index is 0.0459. The monoisotopic (exact) mass is 287 g/mol. The Morgan fingerprint density at radius 3 is 2.39 bits per heavy atom. The molecule has 0 fully saturated rings. The van der Waals surface area contributed by atoms with Crippen LogP contribution in [0.3, 0.4) is 0 Å². The molecule has 0 unspecified atom stereocenters. The van der Waals surface area contributed by atoms with Gasteiger partial charge in [0.2, 0.25) is 10.0 Å². The normalized spacial score (nSPS) is 11.5. The van der Waals surface area contributed by atoms with Gasteiger partial charge in [0.05, 0.1) is 4.90 Å². The Kier molecular flexibility index (Phi) is 3.38. The van der Waals surface area contributed by atoms with Crippen LogP contribution in [-0.4, -0.2) is 8.42 Å². The standard InChI is InChI=1S/C11H10FNO3S2/c1-7-10(18(13,14)15)6-11(17-7)16-9-4-2-8(12)3-5-9/h2-6H,1H3,(H2,13,14,15). The number of thiophene rings is 1. The van der Waals surface area contributed by atoms with Gasteiger partial charge in [0.25, 0.3) is 0 Å². The molecule has 0 amide bonds. The molecule has 2 aromatic rings. The maximum absolute atomic E-state index is 12.7. The molecule has 0 saturated carbocycles. The van der Waals surface area contributed by atoms with Crippen molar-refractivity contribution < 1.29 is 17.5 Å². The predicted molar refractivity (Wildman–Crippen MR) is 66.9 cm³/mol. The molecule has 2 rings (SSSR count). The van der Waals surface area contributed by atoms with E-state index < -0.39 is 10.0 Å². The third-order valence-corrected chi connectivity index (χ3v) is 4.28. The summed E-state index contributed by atoms with van der Waals surface area (Å²) in [7, 11) is -3.74. The average molecular weight is 287 g/mol. The van der Waals surface area contributed by atoms with Gasteiger partial charge in [-0.15, -0.1) is 11.3 Å². The molecule has 4 nitrogen and oxygen atoms in total. The van der Waals surface area contributed by atoms with Crippen molar-refractivity contribution in [3.05, 3.63) is 41.0 Å². The molecule has 96 valence electrons. The van der Waals surface area contributed by atoms with Gasteiger partial charge in [-0.3, -0.25) is 0 Å². The second-order valence-corrected chi connectivity index (χ2v) is 6.34. The highest BCUT2D eigenvalue weighted by Crippen LogP contribution is 2.34. The van der Waals surface area contributed by atoms with Gasteiger partial charge in [-0.25, -0.2) is 17.9 Å². The van der Waals surface area contributed by atoms with Crippen LogP contribution in [0.15, 0.2) is 35.2 Å². The van der Waals surface area contributed by atoms with E-state index in [1.165, 1.54) is 41.7 Å². The van der Waals surface area contributed by atoms with Crippen molar-refractivity contribution >= 4 is 21.4 Å². The number of sulfonamides is 1. The van der Waals surface area contributed by atoms with E-state index in [9.17, 15) is 12.8 Å². The zero-order valence-corrected chi connectivity index (χ0v) is 11.0. The molecule has 0 aliphatic rings. The highest BCUT2D eigenvalue weighted by molar-refractivity contribution is 7.89. The first-order valence-corrected chi connectivity index (χ1v) is 7.29. The summed E-state index contributed by atoms with van der Waals surface area (Å²) < 4.78 is 40.6. The molecule has 1 aromatic carbocycles. The average Bonchev–Trinajstić information content (AvgIpc) is 2.63. The number of nitrogens with two attached hydrogens (primary N) is 1. The van der Waals surface area contributed by atoms with Crippen molar-refractivity contribution in [3.63, 3.8) is 0 Å². The number of hydrogen-bond donors (Lipinski definition) is 1. The van der Waals surface area contributed by atoms with Gasteiger partial charge in [0.15, 0.2) is 5.06 Å². The topological polar surface area (TPSA) is 69.4 Å². The summed E-state index contributed by atoms with van der Waals surface area (Å²) in [4.78, 5) is 0.597. The second-order valence-electron chi connectivity index (χ2n) is 3.59. The summed E-state index contributed by atoms with van der Waals surface area (Å²) >= 11 is 1.17. The molecule has 0 saturated heterocycles. The number of hydrogen-bond acceptors (Lipinski definition) is 4. The molecule has 7 heteroatoms. The van der Waals surface area contributed by atoms with E-state index in [1.807, 2.05) is 0 Å². The maximum atomic E-state index is 12.7. The molecule has 0 aliphatic carbocycles. The minimum Gasteiger partial charge on any atom is -0.447 e. The Morgan fingerprint density at radius 1 is 1.28 bits per heavy atom. The van der Waals surface area contributed by atoms with Crippen LogP contribution < -0.4 is 9.88 Å². The molecule has 18 heavy (non-hydrogen) atoms. The van der Waals surface area contributed by atoms with Crippen molar-refractivity contribution in [1.82, 2.24) is 0 Å². The summed E-state index contributed by atoms with van der Waals surface area (Å²) in [6.45, 7) is 1.64. The molecule has 1 aromatic heterocycles. The largest absolute Gasteiger partial charge is 0.447 e. The smallest absolute Gasteiger partial charge is 0.239 e. The number of ether oxygens (including phenoxy) is 1. The van der Waals surface area contributed by atoms with E-state index in [2.05, 4.69) is 0 Å². The molecule has 0 radical (unpaired) electrons. The highest BCUT2D eigenvalue weighted by Gasteiger charge is 2.16. The van der Waals surface area contributed by atoms with Crippen LogP contribution in [-0.2, 0) is 10.0 Å². The van der Waals surface area contributed by atoms with Crippen LogP contribution in [0.25, 0.3) is 0 Å². The highest BCUT2D eigenvalue weighted by atomic mass is 32.2. The van der Waals surface area contributed by atoms with Crippen molar-refractivity contribution in [3.8, 4) is 10.8 Å². The van der Waals surface area contributed by atoms with Crippen molar-refractivity contribution in [2.75, 3.05) is 0 Å². The molecule has 1 heterocycles. The molecular formula is C11H10FNO3S2. The van der Waals surface area contributed by atoms with E-state index in [0.717, 1.165) is 0 Å². The lowest BCUT2D eigenvalue weighted by Gasteiger charge is -2.01. The van der Waals surface area contributed by atoms with Gasteiger partial charge in [-0.2, -0.15) is 0 Å². The van der Waals surface area contributed by atoms with Gasteiger partial charge in [-0.1, -0.05) is 0 Å². The Hall–Kier alpha value is -1.44. The van der Waals surface area contributed by atoms with Gasteiger partial charge in [0.1, 0.15) is 11.6 Å². The zero-order chi connectivity index (χ0) is 13.3. The first-order valence-electron chi connectivity index (χ1n) is 4.93. The molecule has 0 atom stereocenters. The van der Waals surface area contributed by atoms with Crippen LogP contribution in [0.1, 0.15) is 4.88 Å². The van der Waals surface area contributed by atoms with E-state index in [1.54, 1.807) is 6.92 Å². The van der Waals surface area contributed by atoms with Gasteiger partial charge in [0, 0.05) is 10.9 Å². The summed E-state index contributed by atoms with van der Waals surface area (Å²) in [5.41, 5.74) is 0. The fourth-order valence-electron chi connectivity index (χ4n) is 1.39. The first-order chi connectivity index (χ1) is 8.36. The number of rotatable bonds is 3. The van der Waals surface area contributed by atoms with E-state index >= 15 is 0 Å². The number of primary sulfonamides is 1. The van der Waals surface area contributed by atoms with Crippen molar-refractivity contribution in [2.45, 2.75) is 11.8 Å². The molecule has 0 aliphatic heterocycles. The van der Waals surface area contributed by atoms with E-state index in [4.69, 9.17) is 9.88 Å². The lowest BCUT2D eigenvalue weighted by Crippen LogP contribution is -2.11. The Bertz CT molecular complexity index is 662. The van der Waals surface area contributed by atoms with Gasteiger partial charge in [-0.05, 0) is 31.2 Å². The summed E-state index contributed by atoms with van der Waals surface area (Å²) in [5, 5.41) is 5.45. The summed E-state index contributed by atoms with van der Waals surface area (Å²) in [5.74, 6) is 0.0635. The van der Waals surface area contributed by atoms with E-state index in [0.29, 0.717) is 15.7 Å². The fraction of sp³-hybridized carbons (Fsp3) is 0.0909. The predicted octanol–water partition coefficient (Wildman–Crippen LogP) is 2.64. The van der Waals surface area contributed by atoms with E-state index in [-0.39, 0.29) is 10.7 Å². The Morgan fingerprint density at radius 2 is 1.89 bits per heavy atom. The summed E-state index contributed by atoms with van der Waals surface area (Å²) in [6, 6.07) is 6.80. The van der Waals surface area contributed by atoms with Crippen LogP contribution in [0.5, 0.6) is 10.8 Å². The van der Waals surface area contributed by atoms with Gasteiger partial charge >= 0.3 is 0 Å². The number of benzene rings is 1. The zero-order valence-electron chi connectivity index (χ0n) is 9.38. The Balaban J connectivity index is 2.28. The second kappa shape index (κ2) is 4.68.